The molecule has 0 unspecified atom stereocenters. The number of carboxylic acids is 1. The normalized spacial score (nSPS) is 11.2. The van der Waals surface area contributed by atoms with Crippen LogP contribution in [0.1, 0.15) is 22.4 Å². The lowest BCUT2D eigenvalue weighted by Crippen LogP contribution is -2.38. The highest BCUT2D eigenvalue weighted by atomic mass is 32.1. The average Bonchev–Trinajstić information content (AvgIpc) is 3.20. The van der Waals surface area contributed by atoms with Crippen LogP contribution in [0.2, 0.25) is 0 Å². The second-order valence-corrected chi connectivity index (χ2v) is 7.52. The van der Waals surface area contributed by atoms with Gasteiger partial charge in [0, 0.05) is 17.8 Å². The van der Waals surface area contributed by atoms with Crippen molar-refractivity contribution in [2.45, 2.75) is 12.0 Å². The summed E-state index contributed by atoms with van der Waals surface area (Å²) in [5, 5.41) is 17.0. The van der Waals surface area contributed by atoms with E-state index in [-0.39, 0.29) is 6.42 Å². The molecule has 0 spiro atoms. The lowest BCUT2D eigenvalue weighted by Gasteiger charge is -2.36. The molecule has 0 radical (unpaired) electrons. The Balaban J connectivity index is 1.90. The molecule has 0 saturated carbocycles. The summed E-state index contributed by atoms with van der Waals surface area (Å²) in [7, 11) is 0. The van der Waals surface area contributed by atoms with E-state index in [1.165, 1.54) is 11.3 Å². The Kier molecular flexibility index (Phi) is 5.40. The standard InChI is InChI=1S/C24H20N2O2S/c27-22(28)16-21-17-29-23(25-21)26-24(18-10-4-1-5-11-18,19-12-6-2-7-13-19)20-14-8-3-9-15-20/h1-15,17H,16H2,(H,25,26)(H,27,28)/p-1. The molecule has 0 saturated heterocycles. The van der Waals surface area contributed by atoms with Gasteiger partial charge in [-0.25, -0.2) is 4.98 Å². The minimum absolute atomic E-state index is 0.201. The molecule has 0 aliphatic rings. The number of aromatic nitrogens is 1. The minimum atomic E-state index is -1.14. The second kappa shape index (κ2) is 8.29. The fourth-order valence-corrected chi connectivity index (χ4v) is 4.30. The Labute approximate surface area is 173 Å². The zero-order valence-electron chi connectivity index (χ0n) is 15.6. The third-order valence-electron chi connectivity index (χ3n) is 4.79. The van der Waals surface area contributed by atoms with Crippen LogP contribution >= 0.6 is 11.3 Å². The summed E-state index contributed by atoms with van der Waals surface area (Å²) < 4.78 is 0. The van der Waals surface area contributed by atoms with Crippen molar-refractivity contribution in [2.24, 2.45) is 0 Å². The van der Waals surface area contributed by atoms with Crippen molar-refractivity contribution < 1.29 is 9.90 Å². The van der Waals surface area contributed by atoms with E-state index in [1.807, 2.05) is 54.6 Å². The van der Waals surface area contributed by atoms with Gasteiger partial charge in [-0.15, -0.1) is 11.3 Å². The van der Waals surface area contributed by atoms with Gasteiger partial charge in [0.1, 0.15) is 5.54 Å². The van der Waals surface area contributed by atoms with E-state index >= 15 is 0 Å². The number of thiazole rings is 1. The molecule has 4 aromatic rings. The van der Waals surface area contributed by atoms with Gasteiger partial charge >= 0.3 is 0 Å². The fraction of sp³-hybridized carbons (Fsp3) is 0.0833. The molecule has 0 bridgehead atoms. The molecule has 0 aliphatic heterocycles. The first kappa shape index (κ1) is 18.9. The summed E-state index contributed by atoms with van der Waals surface area (Å²) in [6.07, 6.45) is -0.201. The Morgan fingerprint density at radius 2 is 1.28 bits per heavy atom. The first-order valence-corrected chi connectivity index (χ1v) is 10.2. The molecule has 0 amide bonds. The molecule has 29 heavy (non-hydrogen) atoms. The van der Waals surface area contributed by atoms with Gasteiger partial charge in [0.25, 0.3) is 0 Å². The van der Waals surface area contributed by atoms with Gasteiger partial charge in [-0.2, -0.15) is 0 Å². The fourth-order valence-electron chi connectivity index (χ4n) is 3.53. The Bertz CT molecular complexity index is 983. The molecule has 144 valence electrons. The van der Waals surface area contributed by atoms with Crippen LogP contribution in [-0.2, 0) is 16.8 Å². The SMILES string of the molecule is O=C([O-])Cc1csc(NC(c2ccccc2)(c2ccccc2)c2ccccc2)n1. The summed E-state index contributed by atoms with van der Waals surface area (Å²) in [6.45, 7) is 0. The maximum Gasteiger partial charge on any atom is 0.184 e. The predicted molar refractivity (Wildman–Crippen MR) is 114 cm³/mol. The van der Waals surface area contributed by atoms with Gasteiger partial charge < -0.3 is 15.2 Å². The molecule has 1 N–H and O–H groups in total. The number of carbonyl (C=O) groups is 1. The molecule has 4 rings (SSSR count). The third kappa shape index (κ3) is 3.91. The number of hydrogen-bond acceptors (Lipinski definition) is 5. The van der Waals surface area contributed by atoms with E-state index < -0.39 is 11.5 Å². The Hall–Kier alpha value is -3.44. The number of rotatable bonds is 7. The maximum absolute atomic E-state index is 11.0. The van der Waals surface area contributed by atoms with Crippen LogP contribution in [0, 0.1) is 0 Å². The van der Waals surface area contributed by atoms with Crippen LogP contribution in [0.4, 0.5) is 5.13 Å². The monoisotopic (exact) mass is 399 g/mol. The molecule has 1 aromatic heterocycles. The van der Waals surface area contributed by atoms with Crippen molar-refractivity contribution >= 4 is 22.4 Å². The van der Waals surface area contributed by atoms with Crippen LogP contribution in [-0.4, -0.2) is 11.0 Å². The molecule has 4 nitrogen and oxygen atoms in total. The third-order valence-corrected chi connectivity index (χ3v) is 5.60. The smallest absolute Gasteiger partial charge is 0.184 e. The van der Waals surface area contributed by atoms with Crippen LogP contribution in [0.5, 0.6) is 0 Å². The van der Waals surface area contributed by atoms with E-state index in [2.05, 4.69) is 46.7 Å². The lowest BCUT2D eigenvalue weighted by atomic mass is 9.77. The van der Waals surface area contributed by atoms with Gasteiger partial charge in [-0.1, -0.05) is 91.0 Å². The van der Waals surface area contributed by atoms with E-state index in [4.69, 9.17) is 0 Å². The zero-order chi connectivity index (χ0) is 20.1. The van der Waals surface area contributed by atoms with Crippen molar-refractivity contribution in [3.05, 3.63) is 119 Å². The van der Waals surface area contributed by atoms with Crippen molar-refractivity contribution in [2.75, 3.05) is 5.32 Å². The largest absolute Gasteiger partial charge is 0.550 e. The van der Waals surface area contributed by atoms with Crippen LogP contribution in [0.25, 0.3) is 0 Å². The van der Waals surface area contributed by atoms with Crippen molar-refractivity contribution in [1.82, 2.24) is 4.98 Å². The number of carboxylic acid groups (broad SMARTS) is 1. The summed E-state index contributed by atoms with van der Waals surface area (Å²) in [4.78, 5) is 15.5. The van der Waals surface area contributed by atoms with Crippen LogP contribution in [0.15, 0.2) is 96.4 Å². The van der Waals surface area contributed by atoms with Crippen molar-refractivity contribution in [1.29, 1.82) is 0 Å². The van der Waals surface area contributed by atoms with E-state index in [1.54, 1.807) is 5.38 Å². The van der Waals surface area contributed by atoms with Gasteiger partial charge in [0.05, 0.1) is 5.69 Å². The quantitative estimate of drug-likeness (QED) is 0.480. The summed E-state index contributed by atoms with van der Waals surface area (Å²) >= 11 is 1.39. The zero-order valence-corrected chi connectivity index (χ0v) is 16.4. The van der Waals surface area contributed by atoms with Gasteiger partial charge in [0.2, 0.25) is 0 Å². The highest BCUT2D eigenvalue weighted by Crippen LogP contribution is 2.40. The van der Waals surface area contributed by atoms with Crippen molar-refractivity contribution in [3.63, 3.8) is 0 Å². The Morgan fingerprint density at radius 1 is 0.828 bits per heavy atom. The summed E-state index contributed by atoms with van der Waals surface area (Å²) in [5.41, 5.74) is 3.00. The molecular weight excluding hydrogens is 380 g/mol. The van der Waals surface area contributed by atoms with E-state index in [9.17, 15) is 9.90 Å². The highest BCUT2D eigenvalue weighted by Gasteiger charge is 2.37. The molecule has 1 heterocycles. The number of nitrogens with zero attached hydrogens (tertiary/aromatic N) is 1. The number of benzene rings is 3. The van der Waals surface area contributed by atoms with Gasteiger partial charge in [-0.3, -0.25) is 0 Å². The summed E-state index contributed by atoms with van der Waals surface area (Å²) in [6, 6.07) is 30.6. The second-order valence-electron chi connectivity index (χ2n) is 6.67. The van der Waals surface area contributed by atoms with Crippen LogP contribution < -0.4 is 10.4 Å². The number of nitrogens with one attached hydrogen (secondary N) is 1. The molecule has 5 heteroatoms. The minimum Gasteiger partial charge on any atom is -0.550 e. The summed E-state index contributed by atoms with van der Waals surface area (Å²) in [5.74, 6) is -1.14. The van der Waals surface area contributed by atoms with E-state index in [0.717, 1.165) is 16.7 Å². The first-order chi connectivity index (χ1) is 14.2. The Morgan fingerprint density at radius 3 is 1.69 bits per heavy atom. The molecule has 0 atom stereocenters. The lowest BCUT2D eigenvalue weighted by molar-refractivity contribution is -0.304. The van der Waals surface area contributed by atoms with Crippen molar-refractivity contribution in [3.8, 4) is 0 Å². The molecule has 0 fully saturated rings. The average molecular weight is 399 g/mol. The molecular formula is C24H19N2O2S-. The number of hydrogen-bond donors (Lipinski definition) is 1. The number of anilines is 1. The molecule has 3 aromatic carbocycles. The van der Waals surface area contributed by atoms with Gasteiger partial charge in [0.15, 0.2) is 5.13 Å². The van der Waals surface area contributed by atoms with Crippen LogP contribution in [0.3, 0.4) is 0 Å². The maximum atomic E-state index is 11.0. The number of carbonyl (C=O) groups excluding carboxylic acids is 1. The van der Waals surface area contributed by atoms with Gasteiger partial charge in [-0.05, 0) is 16.7 Å². The topological polar surface area (TPSA) is 65.0 Å². The molecule has 0 aliphatic carbocycles. The predicted octanol–water partition coefficient (Wildman–Crippen LogP) is 3.84. The first-order valence-electron chi connectivity index (χ1n) is 9.27. The highest BCUT2D eigenvalue weighted by molar-refractivity contribution is 7.13. The number of aliphatic carboxylic acids is 1. The van der Waals surface area contributed by atoms with E-state index in [0.29, 0.717) is 10.8 Å².